The lowest BCUT2D eigenvalue weighted by atomic mass is 10.1. The Balaban J connectivity index is 1.86. The highest BCUT2D eigenvalue weighted by Gasteiger charge is 2.15. The van der Waals surface area contributed by atoms with Gasteiger partial charge in [-0.2, -0.15) is 0 Å². The maximum atomic E-state index is 12.8. The van der Waals surface area contributed by atoms with Gasteiger partial charge in [0, 0.05) is 0 Å². The molecule has 2 heterocycles. The van der Waals surface area contributed by atoms with Gasteiger partial charge in [0.15, 0.2) is 0 Å². The lowest BCUT2D eigenvalue weighted by Gasteiger charge is -2.28. The first-order chi connectivity index (χ1) is 8.79. The quantitative estimate of drug-likeness (QED) is 0.870. The van der Waals surface area contributed by atoms with Crippen LogP contribution < -0.4 is 5.32 Å². The van der Waals surface area contributed by atoms with Gasteiger partial charge in [-0.15, -0.1) is 0 Å². The first-order valence-electron chi connectivity index (χ1n) is 6.80. The van der Waals surface area contributed by atoms with Crippen molar-refractivity contribution in [3.05, 3.63) is 29.8 Å². The molecule has 1 N–H and O–H groups in total. The van der Waals surface area contributed by atoms with E-state index in [1.54, 1.807) is 6.07 Å². The molecule has 1 aromatic heterocycles. The van der Waals surface area contributed by atoms with Gasteiger partial charge in [-0.05, 0) is 58.1 Å². The van der Waals surface area contributed by atoms with Crippen LogP contribution in [0.5, 0.6) is 0 Å². The van der Waals surface area contributed by atoms with E-state index in [1.807, 2.05) is 7.05 Å². The minimum atomic E-state index is -0.273. The van der Waals surface area contributed by atoms with E-state index >= 15 is 0 Å². The third-order valence-electron chi connectivity index (χ3n) is 3.64. The van der Waals surface area contributed by atoms with Crippen molar-refractivity contribution in [2.45, 2.75) is 31.7 Å². The van der Waals surface area contributed by atoms with Crippen molar-refractivity contribution in [3.63, 3.8) is 0 Å². The molecule has 1 saturated heterocycles. The van der Waals surface area contributed by atoms with Gasteiger partial charge in [0.2, 0.25) is 0 Å². The Morgan fingerprint density at radius 2 is 2.11 bits per heavy atom. The third-order valence-corrected chi connectivity index (χ3v) is 3.64. The molecule has 1 fully saturated rings. The normalized spacial score (nSPS) is 18.8. The van der Waals surface area contributed by atoms with E-state index in [4.69, 9.17) is 0 Å². The summed E-state index contributed by atoms with van der Waals surface area (Å²) in [6, 6.07) is 3.47. The van der Waals surface area contributed by atoms with E-state index in [9.17, 15) is 4.39 Å². The predicted molar refractivity (Wildman–Crippen MR) is 70.9 cm³/mol. The van der Waals surface area contributed by atoms with E-state index in [1.165, 1.54) is 44.6 Å². The molecular weight excluding hydrogens is 229 g/mol. The molecule has 0 amide bonds. The summed E-state index contributed by atoms with van der Waals surface area (Å²) in [6.07, 6.45) is 6.32. The van der Waals surface area contributed by atoms with Crippen molar-refractivity contribution >= 4 is 0 Å². The Labute approximate surface area is 108 Å². The number of piperidine rings is 1. The Hall–Kier alpha value is -1.00. The molecule has 0 saturated carbocycles. The highest BCUT2D eigenvalue weighted by Crippen LogP contribution is 2.16. The molecule has 2 rings (SSSR count). The van der Waals surface area contributed by atoms with Gasteiger partial charge < -0.3 is 10.2 Å². The standard InChI is InChI=1S/C14H22FN3/c1-16-13(14-6-5-12(15)11-17-14)7-10-18-8-3-2-4-9-18/h5-6,11,13,16H,2-4,7-10H2,1H3. The molecule has 0 bridgehead atoms. The first-order valence-corrected chi connectivity index (χ1v) is 6.80. The SMILES string of the molecule is CNC(CCN1CCCCC1)c1ccc(F)cn1. The summed E-state index contributed by atoms with van der Waals surface area (Å²) < 4.78 is 12.8. The topological polar surface area (TPSA) is 28.2 Å². The average molecular weight is 251 g/mol. The van der Waals surface area contributed by atoms with Gasteiger partial charge in [-0.3, -0.25) is 4.98 Å². The van der Waals surface area contributed by atoms with Crippen LogP contribution in [0, 0.1) is 5.82 Å². The van der Waals surface area contributed by atoms with Gasteiger partial charge >= 0.3 is 0 Å². The number of hydrogen-bond acceptors (Lipinski definition) is 3. The Morgan fingerprint density at radius 3 is 2.72 bits per heavy atom. The number of likely N-dealkylation sites (tertiary alicyclic amines) is 1. The molecule has 100 valence electrons. The zero-order valence-corrected chi connectivity index (χ0v) is 11.0. The molecule has 0 aromatic carbocycles. The van der Waals surface area contributed by atoms with Crippen LogP contribution in [0.4, 0.5) is 4.39 Å². The summed E-state index contributed by atoms with van der Waals surface area (Å²) in [5, 5.41) is 3.27. The number of halogens is 1. The second-order valence-electron chi connectivity index (χ2n) is 4.93. The van der Waals surface area contributed by atoms with E-state index in [-0.39, 0.29) is 11.9 Å². The lowest BCUT2D eigenvalue weighted by molar-refractivity contribution is 0.217. The number of pyridine rings is 1. The fourth-order valence-electron chi connectivity index (χ4n) is 2.53. The molecule has 3 nitrogen and oxygen atoms in total. The van der Waals surface area contributed by atoms with E-state index in [0.717, 1.165) is 18.7 Å². The van der Waals surface area contributed by atoms with Crippen LogP contribution in [-0.2, 0) is 0 Å². The number of nitrogens with one attached hydrogen (secondary N) is 1. The number of aromatic nitrogens is 1. The van der Waals surface area contributed by atoms with Crippen LogP contribution in [0.3, 0.4) is 0 Å². The van der Waals surface area contributed by atoms with Crippen LogP contribution in [-0.4, -0.2) is 36.6 Å². The molecule has 1 aromatic rings. The maximum absolute atomic E-state index is 12.8. The predicted octanol–water partition coefficient (Wildman–Crippen LogP) is 2.36. The minimum absolute atomic E-state index is 0.215. The van der Waals surface area contributed by atoms with Gasteiger partial charge in [-0.1, -0.05) is 6.42 Å². The highest BCUT2D eigenvalue weighted by molar-refractivity contribution is 5.09. The zero-order chi connectivity index (χ0) is 12.8. The Kier molecular flexibility index (Phi) is 5.08. The van der Waals surface area contributed by atoms with Gasteiger partial charge in [0.1, 0.15) is 5.82 Å². The third kappa shape index (κ3) is 3.75. The average Bonchev–Trinajstić information content (AvgIpc) is 2.42. The Bertz CT molecular complexity index is 347. The number of nitrogens with zero attached hydrogens (tertiary/aromatic N) is 2. The summed E-state index contributed by atoms with van der Waals surface area (Å²) in [7, 11) is 1.94. The summed E-state index contributed by atoms with van der Waals surface area (Å²) in [6.45, 7) is 3.52. The molecule has 1 atom stereocenters. The van der Waals surface area contributed by atoms with Gasteiger partial charge in [-0.25, -0.2) is 4.39 Å². The van der Waals surface area contributed by atoms with Crippen molar-refractivity contribution in [2.75, 3.05) is 26.7 Å². The lowest BCUT2D eigenvalue weighted by Crippen LogP contribution is -2.33. The van der Waals surface area contributed by atoms with Crippen molar-refractivity contribution in [3.8, 4) is 0 Å². The van der Waals surface area contributed by atoms with Crippen molar-refractivity contribution < 1.29 is 4.39 Å². The van der Waals surface area contributed by atoms with Crippen LogP contribution in [0.1, 0.15) is 37.4 Å². The summed E-state index contributed by atoms with van der Waals surface area (Å²) in [5.74, 6) is -0.273. The number of rotatable bonds is 5. The summed E-state index contributed by atoms with van der Waals surface area (Å²) in [5.41, 5.74) is 0.927. The molecular formula is C14H22FN3. The molecule has 0 radical (unpaired) electrons. The van der Waals surface area contributed by atoms with E-state index in [2.05, 4.69) is 15.2 Å². The number of hydrogen-bond donors (Lipinski definition) is 1. The fourth-order valence-corrected chi connectivity index (χ4v) is 2.53. The summed E-state index contributed by atoms with van der Waals surface area (Å²) in [4.78, 5) is 6.67. The van der Waals surface area contributed by atoms with Crippen molar-refractivity contribution in [1.82, 2.24) is 15.2 Å². The van der Waals surface area contributed by atoms with Crippen molar-refractivity contribution in [1.29, 1.82) is 0 Å². The molecule has 4 heteroatoms. The molecule has 1 unspecified atom stereocenters. The van der Waals surface area contributed by atoms with E-state index in [0.29, 0.717) is 0 Å². The second kappa shape index (κ2) is 6.81. The van der Waals surface area contributed by atoms with Crippen LogP contribution >= 0.6 is 0 Å². The minimum Gasteiger partial charge on any atom is -0.312 e. The molecule has 0 spiro atoms. The molecule has 1 aliphatic rings. The zero-order valence-electron chi connectivity index (χ0n) is 11.0. The fraction of sp³-hybridized carbons (Fsp3) is 0.643. The monoisotopic (exact) mass is 251 g/mol. The van der Waals surface area contributed by atoms with Crippen LogP contribution in [0.15, 0.2) is 18.3 Å². The van der Waals surface area contributed by atoms with Crippen molar-refractivity contribution in [2.24, 2.45) is 0 Å². The smallest absolute Gasteiger partial charge is 0.141 e. The summed E-state index contributed by atoms with van der Waals surface area (Å²) >= 11 is 0. The van der Waals surface area contributed by atoms with Gasteiger partial charge in [0.05, 0.1) is 17.9 Å². The molecule has 0 aliphatic carbocycles. The maximum Gasteiger partial charge on any atom is 0.141 e. The van der Waals surface area contributed by atoms with Crippen LogP contribution in [0.2, 0.25) is 0 Å². The highest BCUT2D eigenvalue weighted by atomic mass is 19.1. The molecule has 18 heavy (non-hydrogen) atoms. The van der Waals surface area contributed by atoms with Gasteiger partial charge in [0.25, 0.3) is 0 Å². The largest absolute Gasteiger partial charge is 0.312 e. The second-order valence-corrected chi connectivity index (χ2v) is 4.93. The van der Waals surface area contributed by atoms with E-state index < -0.39 is 0 Å². The first kappa shape index (κ1) is 13.4. The Morgan fingerprint density at radius 1 is 1.33 bits per heavy atom. The van der Waals surface area contributed by atoms with Crippen LogP contribution in [0.25, 0.3) is 0 Å². The molecule has 1 aliphatic heterocycles.